The van der Waals surface area contributed by atoms with Gasteiger partial charge in [-0.15, -0.1) is 0 Å². The summed E-state index contributed by atoms with van der Waals surface area (Å²) >= 11 is 0. The molecule has 0 atom stereocenters. The average Bonchev–Trinajstić information content (AvgIpc) is 2.57. The van der Waals surface area contributed by atoms with Gasteiger partial charge in [0.2, 0.25) is 5.91 Å². The van der Waals surface area contributed by atoms with Crippen molar-refractivity contribution in [2.45, 2.75) is 39.0 Å². The molecule has 2 aliphatic rings. The third kappa shape index (κ3) is 2.18. The number of anilines is 1. The van der Waals surface area contributed by atoms with Gasteiger partial charge in [-0.05, 0) is 37.3 Å². The number of nitrogens with zero attached hydrogens (tertiary/aromatic N) is 2. The zero-order chi connectivity index (χ0) is 13.2. The summed E-state index contributed by atoms with van der Waals surface area (Å²) in [5.41, 5.74) is 4.84. The lowest BCUT2D eigenvalue weighted by Gasteiger charge is -2.26. The molecule has 1 aliphatic carbocycles. The molecule has 100 valence electrons. The maximum absolute atomic E-state index is 12.3. The molecule has 0 bridgehead atoms. The minimum absolute atomic E-state index is 0.142. The van der Waals surface area contributed by atoms with Crippen molar-refractivity contribution in [3.8, 4) is 0 Å². The number of amides is 1. The Morgan fingerprint density at radius 1 is 1.32 bits per heavy atom. The van der Waals surface area contributed by atoms with E-state index in [4.69, 9.17) is 0 Å². The zero-order valence-electron chi connectivity index (χ0n) is 11.5. The summed E-state index contributed by atoms with van der Waals surface area (Å²) in [5, 5.41) is 0. The van der Waals surface area contributed by atoms with E-state index in [0.717, 1.165) is 50.0 Å². The number of benzene rings is 1. The topological polar surface area (TPSA) is 32.7 Å². The normalized spacial score (nSPS) is 17.8. The Hall–Kier alpha value is -1.64. The van der Waals surface area contributed by atoms with E-state index >= 15 is 0 Å². The van der Waals surface area contributed by atoms with Crippen molar-refractivity contribution in [2.24, 2.45) is 4.99 Å². The molecule has 1 heterocycles. The van der Waals surface area contributed by atoms with E-state index in [-0.39, 0.29) is 5.91 Å². The van der Waals surface area contributed by atoms with Crippen LogP contribution in [-0.2, 0) is 11.2 Å². The van der Waals surface area contributed by atoms with E-state index in [1.165, 1.54) is 11.1 Å². The van der Waals surface area contributed by atoms with Crippen molar-refractivity contribution in [3.63, 3.8) is 0 Å². The van der Waals surface area contributed by atoms with Crippen LogP contribution in [0.3, 0.4) is 0 Å². The van der Waals surface area contributed by atoms with Gasteiger partial charge in [-0.1, -0.05) is 25.5 Å². The predicted octanol–water partition coefficient (Wildman–Crippen LogP) is 2.96. The first-order chi connectivity index (χ1) is 9.31. The molecule has 0 unspecified atom stereocenters. The van der Waals surface area contributed by atoms with Crippen molar-refractivity contribution in [1.29, 1.82) is 0 Å². The van der Waals surface area contributed by atoms with Crippen molar-refractivity contribution in [2.75, 3.05) is 18.0 Å². The number of unbranched alkanes of at least 4 members (excludes halogenated alkanes) is 1. The zero-order valence-corrected chi connectivity index (χ0v) is 11.5. The number of aliphatic imine (C=N–C) groups is 1. The van der Waals surface area contributed by atoms with E-state index in [1.807, 2.05) is 4.90 Å². The molecule has 1 aliphatic heterocycles. The standard InChI is InChI=1S/C16H20N2O/c1-2-3-10-18-14-9-5-7-12-6-4-8-13(16(12)14)17-11-15(18)19/h5,7,9H,2-4,6,8,10-11H2,1H3. The molecule has 0 N–H and O–H groups in total. The molecule has 19 heavy (non-hydrogen) atoms. The highest BCUT2D eigenvalue weighted by Crippen LogP contribution is 2.32. The molecular weight excluding hydrogens is 236 g/mol. The fraction of sp³-hybridized carbons (Fsp3) is 0.500. The summed E-state index contributed by atoms with van der Waals surface area (Å²) in [6.07, 6.45) is 5.42. The predicted molar refractivity (Wildman–Crippen MR) is 78.0 cm³/mol. The molecule has 0 radical (unpaired) electrons. The van der Waals surface area contributed by atoms with E-state index in [1.54, 1.807) is 0 Å². The van der Waals surface area contributed by atoms with Gasteiger partial charge in [0.1, 0.15) is 6.54 Å². The van der Waals surface area contributed by atoms with E-state index in [9.17, 15) is 4.79 Å². The second kappa shape index (κ2) is 5.16. The van der Waals surface area contributed by atoms with Gasteiger partial charge in [0, 0.05) is 17.8 Å². The smallest absolute Gasteiger partial charge is 0.248 e. The minimum atomic E-state index is 0.142. The highest BCUT2D eigenvalue weighted by molar-refractivity contribution is 6.13. The monoisotopic (exact) mass is 256 g/mol. The van der Waals surface area contributed by atoms with Gasteiger partial charge in [0.15, 0.2) is 0 Å². The van der Waals surface area contributed by atoms with Crippen LogP contribution in [0.5, 0.6) is 0 Å². The maximum Gasteiger partial charge on any atom is 0.248 e. The highest BCUT2D eigenvalue weighted by atomic mass is 16.2. The van der Waals surface area contributed by atoms with Crippen molar-refractivity contribution >= 4 is 17.3 Å². The summed E-state index contributed by atoms with van der Waals surface area (Å²) in [6, 6.07) is 6.34. The molecule has 3 heteroatoms. The van der Waals surface area contributed by atoms with E-state index < -0.39 is 0 Å². The molecule has 0 saturated carbocycles. The Bertz CT molecular complexity index is 534. The second-order valence-electron chi connectivity index (χ2n) is 5.33. The summed E-state index contributed by atoms with van der Waals surface area (Å²) in [4.78, 5) is 18.8. The molecule has 1 aromatic rings. The van der Waals surface area contributed by atoms with Crippen LogP contribution in [0, 0.1) is 0 Å². The van der Waals surface area contributed by atoms with Crippen LogP contribution < -0.4 is 4.90 Å². The molecule has 0 fully saturated rings. The largest absolute Gasteiger partial charge is 0.310 e. The third-order valence-electron chi connectivity index (χ3n) is 4.01. The van der Waals surface area contributed by atoms with Crippen molar-refractivity contribution in [1.82, 2.24) is 0 Å². The molecule has 0 aromatic heterocycles. The number of aryl methyl sites for hydroxylation is 1. The summed E-state index contributed by atoms with van der Waals surface area (Å²) < 4.78 is 0. The molecular formula is C16H20N2O. The van der Waals surface area contributed by atoms with Gasteiger partial charge < -0.3 is 4.90 Å². The quantitative estimate of drug-likeness (QED) is 0.818. The van der Waals surface area contributed by atoms with Gasteiger partial charge in [0.25, 0.3) is 0 Å². The first-order valence-corrected chi connectivity index (χ1v) is 7.27. The number of rotatable bonds is 3. The molecule has 3 rings (SSSR count). The summed E-state index contributed by atoms with van der Waals surface area (Å²) in [6.45, 7) is 3.28. The fourth-order valence-corrected chi connectivity index (χ4v) is 3.03. The summed E-state index contributed by atoms with van der Waals surface area (Å²) in [5.74, 6) is 0.142. The van der Waals surface area contributed by atoms with Crippen LogP contribution in [0.15, 0.2) is 23.2 Å². The van der Waals surface area contributed by atoms with Crippen molar-refractivity contribution in [3.05, 3.63) is 29.3 Å². The molecule has 1 aromatic carbocycles. The fourth-order valence-electron chi connectivity index (χ4n) is 3.03. The third-order valence-corrected chi connectivity index (χ3v) is 4.01. The minimum Gasteiger partial charge on any atom is -0.310 e. The number of hydrogen-bond acceptors (Lipinski definition) is 2. The highest BCUT2D eigenvalue weighted by Gasteiger charge is 2.27. The van der Waals surface area contributed by atoms with Crippen LogP contribution >= 0.6 is 0 Å². The van der Waals surface area contributed by atoms with Crippen LogP contribution in [0.25, 0.3) is 0 Å². The molecule has 3 nitrogen and oxygen atoms in total. The van der Waals surface area contributed by atoms with E-state index in [0.29, 0.717) is 6.54 Å². The number of hydrogen-bond donors (Lipinski definition) is 0. The van der Waals surface area contributed by atoms with Gasteiger partial charge in [-0.3, -0.25) is 9.79 Å². The Morgan fingerprint density at radius 2 is 2.21 bits per heavy atom. The van der Waals surface area contributed by atoms with Crippen molar-refractivity contribution < 1.29 is 4.79 Å². The lowest BCUT2D eigenvalue weighted by Crippen LogP contribution is -2.33. The lowest BCUT2D eigenvalue weighted by atomic mass is 9.88. The number of carbonyl (C=O) groups excluding carboxylic acids is 1. The maximum atomic E-state index is 12.3. The summed E-state index contributed by atoms with van der Waals surface area (Å²) in [7, 11) is 0. The lowest BCUT2D eigenvalue weighted by molar-refractivity contribution is -0.117. The first-order valence-electron chi connectivity index (χ1n) is 7.27. The van der Waals surface area contributed by atoms with Crippen LogP contribution in [0.2, 0.25) is 0 Å². The Labute approximate surface area is 114 Å². The van der Waals surface area contributed by atoms with Gasteiger partial charge >= 0.3 is 0 Å². The van der Waals surface area contributed by atoms with Crippen LogP contribution in [-0.4, -0.2) is 24.7 Å². The Kier molecular flexibility index (Phi) is 3.36. The van der Waals surface area contributed by atoms with Crippen LogP contribution in [0.1, 0.15) is 43.7 Å². The second-order valence-corrected chi connectivity index (χ2v) is 5.33. The van der Waals surface area contributed by atoms with Gasteiger partial charge in [0.05, 0.1) is 5.69 Å². The average molecular weight is 256 g/mol. The van der Waals surface area contributed by atoms with Crippen LogP contribution in [0.4, 0.5) is 5.69 Å². The van der Waals surface area contributed by atoms with E-state index in [2.05, 4.69) is 30.1 Å². The van der Waals surface area contributed by atoms with Gasteiger partial charge in [-0.2, -0.15) is 0 Å². The van der Waals surface area contributed by atoms with Gasteiger partial charge in [-0.25, -0.2) is 0 Å². The Morgan fingerprint density at radius 3 is 3.05 bits per heavy atom. The number of carbonyl (C=O) groups is 1. The molecule has 1 amide bonds. The first kappa shape index (κ1) is 12.4. The Balaban J connectivity index is 2.08. The SMILES string of the molecule is CCCCN1C(=O)CN=C2CCCc3cccc1c32. The molecule has 0 spiro atoms. The molecule has 0 saturated heterocycles.